The first-order chi connectivity index (χ1) is 8.08. The molecule has 0 aliphatic heterocycles. The first-order valence-electron chi connectivity index (χ1n) is 5.08. The fraction of sp³-hybridized carbons (Fsp3) is 0.300. The number of aromatic amines is 1. The lowest BCUT2D eigenvalue weighted by Crippen LogP contribution is -2.12. The average Bonchev–Trinajstić information content (AvgIpc) is 2.61. The summed E-state index contributed by atoms with van der Waals surface area (Å²) in [6.45, 7) is 1.91. The van der Waals surface area contributed by atoms with Crippen LogP contribution in [0.15, 0.2) is 33.3 Å². The molecule has 0 radical (unpaired) electrons. The van der Waals surface area contributed by atoms with E-state index in [1.807, 2.05) is 19.1 Å². The van der Waals surface area contributed by atoms with E-state index < -0.39 is 0 Å². The second kappa shape index (κ2) is 4.72. The molecule has 0 saturated carbocycles. The van der Waals surface area contributed by atoms with Crippen molar-refractivity contribution in [2.45, 2.75) is 23.1 Å². The van der Waals surface area contributed by atoms with Crippen LogP contribution in [0.3, 0.4) is 0 Å². The van der Waals surface area contributed by atoms with E-state index in [9.17, 15) is 4.79 Å². The molecule has 0 aliphatic carbocycles. The summed E-state index contributed by atoms with van der Waals surface area (Å²) in [7, 11) is 1.66. The molecule has 2 rings (SSSR count). The van der Waals surface area contributed by atoms with Gasteiger partial charge in [-0.05, 0) is 36.4 Å². The summed E-state index contributed by atoms with van der Waals surface area (Å²) in [6.07, 6.45) is 1.70. The van der Waals surface area contributed by atoms with Crippen molar-refractivity contribution >= 4 is 11.8 Å². The SMILES string of the molecule is C[C@@H](N)c1ccnc(Sc2n[nH]c(=O)n2C)c1. The van der Waals surface area contributed by atoms with Gasteiger partial charge in [0.15, 0.2) is 5.16 Å². The Hall–Kier alpha value is -1.60. The topological polar surface area (TPSA) is 89.6 Å². The fourth-order valence-electron chi connectivity index (χ4n) is 1.28. The zero-order valence-electron chi connectivity index (χ0n) is 9.54. The van der Waals surface area contributed by atoms with Crippen molar-refractivity contribution in [3.8, 4) is 0 Å². The van der Waals surface area contributed by atoms with Gasteiger partial charge in [-0.2, -0.15) is 0 Å². The van der Waals surface area contributed by atoms with Crippen LogP contribution in [0.5, 0.6) is 0 Å². The fourth-order valence-corrected chi connectivity index (χ4v) is 2.09. The molecule has 7 heteroatoms. The van der Waals surface area contributed by atoms with E-state index >= 15 is 0 Å². The van der Waals surface area contributed by atoms with Gasteiger partial charge in [-0.25, -0.2) is 14.9 Å². The summed E-state index contributed by atoms with van der Waals surface area (Å²) in [4.78, 5) is 15.4. The lowest BCUT2D eigenvalue weighted by molar-refractivity contribution is 0.763. The second-order valence-electron chi connectivity index (χ2n) is 3.69. The zero-order valence-corrected chi connectivity index (χ0v) is 10.4. The van der Waals surface area contributed by atoms with E-state index in [1.54, 1.807) is 13.2 Å². The smallest absolute Gasteiger partial charge is 0.324 e. The molecule has 0 saturated heterocycles. The minimum Gasteiger partial charge on any atom is -0.324 e. The van der Waals surface area contributed by atoms with Crippen molar-refractivity contribution in [2.75, 3.05) is 0 Å². The lowest BCUT2D eigenvalue weighted by atomic mass is 10.1. The summed E-state index contributed by atoms with van der Waals surface area (Å²) in [5.74, 6) is 0. The molecule has 6 nitrogen and oxygen atoms in total. The normalized spacial score (nSPS) is 12.6. The number of nitrogens with one attached hydrogen (secondary N) is 1. The highest BCUT2D eigenvalue weighted by Crippen LogP contribution is 2.24. The number of rotatable bonds is 3. The van der Waals surface area contributed by atoms with Crippen LogP contribution < -0.4 is 11.4 Å². The number of nitrogens with zero attached hydrogens (tertiary/aromatic N) is 3. The Morgan fingerprint density at radius 2 is 2.35 bits per heavy atom. The highest BCUT2D eigenvalue weighted by molar-refractivity contribution is 7.99. The molecule has 0 amide bonds. The molecule has 2 aromatic heterocycles. The predicted molar refractivity (Wildman–Crippen MR) is 64.8 cm³/mol. The van der Waals surface area contributed by atoms with Crippen LogP contribution in [0.2, 0.25) is 0 Å². The van der Waals surface area contributed by atoms with Crippen LogP contribution in [-0.2, 0) is 7.05 Å². The predicted octanol–water partition coefficient (Wildman–Crippen LogP) is 0.674. The molecular weight excluding hydrogens is 238 g/mol. The minimum absolute atomic E-state index is 0.0413. The van der Waals surface area contributed by atoms with Gasteiger partial charge >= 0.3 is 5.69 Å². The number of pyridine rings is 1. The first-order valence-corrected chi connectivity index (χ1v) is 5.90. The van der Waals surface area contributed by atoms with Crippen molar-refractivity contribution in [1.82, 2.24) is 19.7 Å². The standard InChI is InChI=1S/C10H13N5OS/c1-6(11)7-3-4-12-8(5-7)17-10-14-13-9(16)15(10)2/h3-6H,11H2,1-2H3,(H,13,16)/t6-/m1/s1. The number of aromatic nitrogens is 4. The molecule has 17 heavy (non-hydrogen) atoms. The molecular formula is C10H13N5OS. The van der Waals surface area contributed by atoms with Gasteiger partial charge < -0.3 is 5.73 Å². The van der Waals surface area contributed by atoms with Crippen LogP contribution in [0.4, 0.5) is 0 Å². The van der Waals surface area contributed by atoms with Gasteiger partial charge in [0.05, 0.1) is 0 Å². The Morgan fingerprint density at radius 1 is 1.59 bits per heavy atom. The number of hydrogen-bond donors (Lipinski definition) is 2. The number of nitrogens with two attached hydrogens (primary N) is 1. The van der Waals surface area contributed by atoms with Crippen molar-refractivity contribution in [3.63, 3.8) is 0 Å². The van der Waals surface area contributed by atoms with Crippen LogP contribution in [-0.4, -0.2) is 19.7 Å². The lowest BCUT2D eigenvalue weighted by Gasteiger charge is -2.06. The van der Waals surface area contributed by atoms with E-state index in [4.69, 9.17) is 5.73 Å². The Kier molecular flexibility index (Phi) is 3.30. The van der Waals surface area contributed by atoms with Gasteiger partial charge in [-0.3, -0.25) is 4.57 Å². The van der Waals surface area contributed by atoms with Crippen LogP contribution >= 0.6 is 11.8 Å². The zero-order chi connectivity index (χ0) is 12.4. The number of hydrogen-bond acceptors (Lipinski definition) is 5. The van der Waals surface area contributed by atoms with Crippen molar-refractivity contribution in [1.29, 1.82) is 0 Å². The maximum Gasteiger partial charge on any atom is 0.343 e. The van der Waals surface area contributed by atoms with Gasteiger partial charge in [-0.1, -0.05) is 0 Å². The number of H-pyrrole nitrogens is 1. The third-order valence-electron chi connectivity index (χ3n) is 2.32. The summed E-state index contributed by atoms with van der Waals surface area (Å²) >= 11 is 1.32. The van der Waals surface area contributed by atoms with Gasteiger partial charge in [0, 0.05) is 19.3 Å². The molecule has 2 aromatic rings. The van der Waals surface area contributed by atoms with Crippen molar-refractivity contribution in [3.05, 3.63) is 34.4 Å². The highest BCUT2D eigenvalue weighted by atomic mass is 32.2. The van der Waals surface area contributed by atoms with Crippen molar-refractivity contribution < 1.29 is 0 Å². The third-order valence-corrected chi connectivity index (χ3v) is 3.30. The van der Waals surface area contributed by atoms with Crippen molar-refractivity contribution in [2.24, 2.45) is 12.8 Å². The van der Waals surface area contributed by atoms with E-state index in [0.29, 0.717) is 5.16 Å². The van der Waals surface area contributed by atoms with E-state index in [-0.39, 0.29) is 11.7 Å². The third kappa shape index (κ3) is 2.56. The summed E-state index contributed by atoms with van der Waals surface area (Å²) in [5, 5.41) is 7.62. The summed E-state index contributed by atoms with van der Waals surface area (Å²) in [6, 6.07) is 3.73. The Bertz CT molecular complexity index is 574. The van der Waals surface area contributed by atoms with Gasteiger partial charge in [0.2, 0.25) is 0 Å². The molecule has 0 aromatic carbocycles. The Morgan fingerprint density at radius 3 is 2.94 bits per heavy atom. The molecule has 0 spiro atoms. The summed E-state index contributed by atoms with van der Waals surface area (Å²) in [5.41, 5.74) is 6.56. The van der Waals surface area contributed by atoms with E-state index in [2.05, 4.69) is 15.2 Å². The van der Waals surface area contributed by atoms with Crippen LogP contribution in [0.1, 0.15) is 18.5 Å². The highest BCUT2D eigenvalue weighted by Gasteiger charge is 2.08. The maximum atomic E-state index is 11.2. The second-order valence-corrected chi connectivity index (χ2v) is 4.68. The quantitative estimate of drug-likeness (QED) is 0.837. The van der Waals surface area contributed by atoms with Gasteiger partial charge in [-0.15, -0.1) is 5.10 Å². The molecule has 0 aliphatic rings. The van der Waals surface area contributed by atoms with E-state index in [0.717, 1.165) is 10.6 Å². The molecule has 0 bridgehead atoms. The van der Waals surface area contributed by atoms with Crippen LogP contribution in [0, 0.1) is 0 Å². The largest absolute Gasteiger partial charge is 0.343 e. The molecule has 0 unspecified atom stereocenters. The average molecular weight is 251 g/mol. The summed E-state index contributed by atoms with van der Waals surface area (Å²) < 4.78 is 1.44. The van der Waals surface area contributed by atoms with Gasteiger partial charge in [0.25, 0.3) is 0 Å². The van der Waals surface area contributed by atoms with Crippen LogP contribution in [0.25, 0.3) is 0 Å². The van der Waals surface area contributed by atoms with Gasteiger partial charge in [0.1, 0.15) is 5.03 Å². The molecule has 3 N–H and O–H groups in total. The molecule has 2 heterocycles. The van der Waals surface area contributed by atoms with E-state index in [1.165, 1.54) is 16.3 Å². The minimum atomic E-state index is -0.240. The Labute approximate surface area is 102 Å². The monoisotopic (exact) mass is 251 g/mol. The molecule has 90 valence electrons. The molecule has 0 fully saturated rings. The molecule has 1 atom stereocenters. The Balaban J connectivity index is 2.27. The first kappa shape index (κ1) is 11.9. The maximum absolute atomic E-state index is 11.2.